The van der Waals surface area contributed by atoms with Gasteiger partial charge in [-0.25, -0.2) is 0 Å². The van der Waals surface area contributed by atoms with Gasteiger partial charge in [0.1, 0.15) is 6.61 Å². The maximum absolute atomic E-state index is 13.8. The number of hydrogen-bond donors (Lipinski definition) is 2. The van der Waals surface area contributed by atoms with E-state index in [0.29, 0.717) is 25.3 Å². The van der Waals surface area contributed by atoms with Crippen LogP contribution in [0, 0.1) is 11.8 Å². The number of hydrogen-bond acceptors (Lipinski definition) is 6. The van der Waals surface area contributed by atoms with Gasteiger partial charge in [-0.05, 0) is 48.9 Å². The summed E-state index contributed by atoms with van der Waals surface area (Å²) in [6, 6.07) is 8.40. The van der Waals surface area contributed by atoms with Gasteiger partial charge in [-0.1, -0.05) is 17.9 Å². The van der Waals surface area contributed by atoms with Crippen LogP contribution in [0.5, 0.6) is 0 Å². The molecule has 1 aliphatic rings. The molecule has 0 bridgehead atoms. The predicted molar refractivity (Wildman–Crippen MR) is 137 cm³/mol. The second kappa shape index (κ2) is 12.9. The van der Waals surface area contributed by atoms with Crippen LogP contribution in [0.15, 0.2) is 42.5 Å². The fraction of sp³-hybridized carbons (Fsp3) is 0.393. The zero-order valence-corrected chi connectivity index (χ0v) is 21.8. The first-order chi connectivity index (χ1) is 18.5. The number of alkyl halides is 3. The van der Waals surface area contributed by atoms with Crippen molar-refractivity contribution >= 4 is 17.6 Å². The van der Waals surface area contributed by atoms with Crippen molar-refractivity contribution in [2.75, 3.05) is 40.4 Å². The lowest BCUT2D eigenvalue weighted by molar-refractivity contribution is -0.139. The number of aliphatic hydroxyl groups is 1. The lowest BCUT2D eigenvalue weighted by Gasteiger charge is -2.39. The van der Waals surface area contributed by atoms with Crippen LogP contribution < -0.4 is 5.32 Å². The zero-order chi connectivity index (χ0) is 28.7. The van der Waals surface area contributed by atoms with Crippen LogP contribution in [-0.4, -0.2) is 85.0 Å². The molecule has 0 radical (unpaired) electrons. The first kappa shape index (κ1) is 29.8. The van der Waals surface area contributed by atoms with Gasteiger partial charge in [-0.2, -0.15) is 13.2 Å². The van der Waals surface area contributed by atoms with Gasteiger partial charge in [-0.15, -0.1) is 0 Å². The number of aliphatic hydroxyl groups excluding tert-OH is 1. The summed E-state index contributed by atoms with van der Waals surface area (Å²) in [6.45, 7) is 2.88. The molecule has 11 heteroatoms. The van der Waals surface area contributed by atoms with Gasteiger partial charge in [0.15, 0.2) is 11.8 Å². The normalized spacial score (nSPS) is 14.5. The molecule has 39 heavy (non-hydrogen) atoms. The summed E-state index contributed by atoms with van der Waals surface area (Å²) in [4.78, 5) is 39.6. The first-order valence-corrected chi connectivity index (χ1v) is 12.3. The quantitative estimate of drug-likeness (QED) is 0.370. The Morgan fingerprint density at radius 1 is 1.13 bits per heavy atom. The molecule has 1 atom stereocenters. The average molecular weight is 546 g/mol. The largest absolute Gasteiger partial charge is 0.416 e. The SMILES string of the molecule is CCOC1CN(Cc2ccc(C#Cc3ccc(C(=O)N(C)C(C(=O)CO)C(=O)NC)cc3)cc2C(F)(F)F)C1. The molecule has 3 rings (SSSR count). The molecule has 2 N–H and O–H groups in total. The third-order valence-corrected chi connectivity index (χ3v) is 6.28. The van der Waals surface area contributed by atoms with E-state index in [1.807, 2.05) is 11.8 Å². The number of likely N-dealkylation sites (N-methyl/N-ethyl adjacent to an activating group) is 2. The van der Waals surface area contributed by atoms with Crippen LogP contribution in [0.25, 0.3) is 0 Å². The summed E-state index contributed by atoms with van der Waals surface area (Å²) in [5.41, 5.74) is 0.233. The number of nitrogens with one attached hydrogen (secondary N) is 1. The Bertz CT molecular complexity index is 1250. The van der Waals surface area contributed by atoms with Gasteiger partial charge in [0.25, 0.3) is 5.91 Å². The number of benzene rings is 2. The highest BCUT2D eigenvalue weighted by Crippen LogP contribution is 2.34. The number of carbonyl (C=O) groups excluding carboxylic acids is 3. The number of Topliss-reactive ketones (excluding diaryl/α,β-unsaturated/α-hetero) is 1. The Hall–Kier alpha value is -3.72. The molecule has 1 saturated heterocycles. The van der Waals surface area contributed by atoms with E-state index in [4.69, 9.17) is 9.84 Å². The van der Waals surface area contributed by atoms with E-state index in [1.54, 1.807) is 6.07 Å². The summed E-state index contributed by atoms with van der Waals surface area (Å²) < 4.78 is 46.7. The van der Waals surface area contributed by atoms with E-state index in [0.717, 1.165) is 11.0 Å². The molecule has 208 valence electrons. The van der Waals surface area contributed by atoms with E-state index in [-0.39, 0.29) is 29.3 Å². The van der Waals surface area contributed by atoms with Crippen LogP contribution in [0.3, 0.4) is 0 Å². The van der Waals surface area contributed by atoms with Gasteiger partial charge < -0.3 is 20.1 Å². The average Bonchev–Trinajstić information content (AvgIpc) is 2.90. The second-order valence-electron chi connectivity index (χ2n) is 9.03. The molecular weight excluding hydrogens is 515 g/mol. The minimum Gasteiger partial charge on any atom is -0.388 e. The van der Waals surface area contributed by atoms with Crippen molar-refractivity contribution in [3.8, 4) is 11.8 Å². The molecule has 1 unspecified atom stereocenters. The lowest BCUT2D eigenvalue weighted by atomic mass is 10.0. The third kappa shape index (κ3) is 7.44. The van der Waals surface area contributed by atoms with Crippen molar-refractivity contribution in [3.63, 3.8) is 0 Å². The van der Waals surface area contributed by atoms with Gasteiger partial charge in [0.2, 0.25) is 5.91 Å². The maximum atomic E-state index is 13.8. The van der Waals surface area contributed by atoms with Crippen molar-refractivity contribution in [1.29, 1.82) is 0 Å². The van der Waals surface area contributed by atoms with Crippen LogP contribution in [0.4, 0.5) is 13.2 Å². The Morgan fingerprint density at radius 2 is 1.74 bits per heavy atom. The fourth-order valence-corrected chi connectivity index (χ4v) is 4.21. The second-order valence-corrected chi connectivity index (χ2v) is 9.03. The molecule has 0 saturated carbocycles. The Balaban J connectivity index is 1.74. The fourth-order valence-electron chi connectivity index (χ4n) is 4.21. The number of ether oxygens (including phenoxy) is 1. The molecule has 2 aromatic carbocycles. The summed E-state index contributed by atoms with van der Waals surface area (Å²) in [5, 5.41) is 11.4. The van der Waals surface area contributed by atoms with E-state index in [9.17, 15) is 27.6 Å². The standard InChI is InChI=1S/C28H30F3N3O5/c1-4-39-22-15-34(16-22)14-21-12-9-19(13-23(21)28(29,30)31)6-5-18-7-10-20(11-8-18)27(38)33(3)25(24(36)17-35)26(37)32-2/h7-13,22,25,35H,4,14-17H2,1-3H3,(H,32,37). The van der Waals surface area contributed by atoms with E-state index in [2.05, 4.69) is 17.2 Å². The van der Waals surface area contributed by atoms with Gasteiger partial charge >= 0.3 is 6.18 Å². The topological polar surface area (TPSA) is 99.2 Å². The number of amides is 2. The summed E-state index contributed by atoms with van der Waals surface area (Å²) in [6.07, 6.45) is -4.48. The number of nitrogens with zero attached hydrogens (tertiary/aromatic N) is 2. The summed E-state index contributed by atoms with van der Waals surface area (Å²) >= 11 is 0. The molecule has 2 amide bonds. The van der Waals surface area contributed by atoms with E-state index < -0.39 is 42.0 Å². The summed E-state index contributed by atoms with van der Waals surface area (Å²) in [7, 11) is 2.58. The smallest absolute Gasteiger partial charge is 0.388 e. The van der Waals surface area contributed by atoms with Crippen LogP contribution in [0.2, 0.25) is 0 Å². The molecule has 0 aliphatic carbocycles. The molecule has 1 fully saturated rings. The summed E-state index contributed by atoms with van der Waals surface area (Å²) in [5.74, 6) is 3.32. The Morgan fingerprint density at radius 3 is 2.31 bits per heavy atom. The van der Waals surface area contributed by atoms with Crippen molar-refractivity contribution in [1.82, 2.24) is 15.1 Å². The predicted octanol–water partition coefficient (Wildman–Crippen LogP) is 2.07. The molecule has 1 heterocycles. The molecule has 0 spiro atoms. The van der Waals surface area contributed by atoms with Crippen LogP contribution in [0.1, 0.15) is 39.5 Å². The van der Waals surface area contributed by atoms with Crippen LogP contribution in [-0.2, 0) is 27.0 Å². The van der Waals surface area contributed by atoms with E-state index >= 15 is 0 Å². The highest BCUT2D eigenvalue weighted by atomic mass is 19.4. The van der Waals surface area contributed by atoms with Crippen molar-refractivity contribution in [2.45, 2.75) is 31.8 Å². The number of rotatable bonds is 9. The Kier molecular flexibility index (Phi) is 9.86. The highest BCUT2D eigenvalue weighted by Gasteiger charge is 2.36. The van der Waals surface area contributed by atoms with Gasteiger partial charge in [0, 0.05) is 57.0 Å². The van der Waals surface area contributed by atoms with Gasteiger partial charge in [-0.3, -0.25) is 19.3 Å². The minimum absolute atomic E-state index is 0.0526. The monoisotopic (exact) mass is 545 g/mol. The molecule has 2 aromatic rings. The molecule has 1 aliphatic heterocycles. The number of ketones is 1. The number of carbonyl (C=O) groups is 3. The lowest BCUT2D eigenvalue weighted by Crippen LogP contribution is -2.52. The minimum atomic E-state index is -4.53. The van der Waals surface area contributed by atoms with Crippen LogP contribution >= 0.6 is 0 Å². The molecule has 0 aromatic heterocycles. The molecular formula is C28H30F3N3O5. The number of halogens is 3. The third-order valence-electron chi connectivity index (χ3n) is 6.28. The highest BCUT2D eigenvalue weighted by molar-refractivity contribution is 6.10. The van der Waals surface area contributed by atoms with Crippen molar-refractivity contribution in [3.05, 3.63) is 70.3 Å². The Labute approximate surface area is 224 Å². The number of likely N-dealkylation sites (tertiary alicyclic amines) is 1. The maximum Gasteiger partial charge on any atom is 0.416 e. The zero-order valence-electron chi connectivity index (χ0n) is 21.8. The first-order valence-electron chi connectivity index (χ1n) is 12.3. The van der Waals surface area contributed by atoms with Gasteiger partial charge in [0.05, 0.1) is 11.7 Å². The van der Waals surface area contributed by atoms with E-state index in [1.165, 1.54) is 44.4 Å². The van der Waals surface area contributed by atoms with Crippen molar-refractivity contribution < 1.29 is 37.4 Å². The van der Waals surface area contributed by atoms with Crippen molar-refractivity contribution in [2.24, 2.45) is 0 Å². The molecule has 8 nitrogen and oxygen atoms in total.